The molecule has 0 bridgehead atoms. The summed E-state index contributed by atoms with van der Waals surface area (Å²) in [6.45, 7) is 3.98. The van der Waals surface area contributed by atoms with Crippen LogP contribution < -0.4 is 4.90 Å². The zero-order valence-corrected chi connectivity index (χ0v) is 14.2. The Bertz CT molecular complexity index is 1090. The van der Waals surface area contributed by atoms with Gasteiger partial charge in [0.05, 0.1) is 16.9 Å². The van der Waals surface area contributed by atoms with Crippen molar-refractivity contribution in [3.05, 3.63) is 78.1 Å². The Balaban J connectivity index is 1.82. The van der Waals surface area contributed by atoms with Crippen LogP contribution in [-0.4, -0.2) is 14.9 Å². The van der Waals surface area contributed by atoms with Crippen LogP contribution in [0.25, 0.3) is 10.9 Å². The minimum Gasteiger partial charge on any atom is -0.341 e. The van der Waals surface area contributed by atoms with Gasteiger partial charge in [-0.25, -0.2) is 8.78 Å². The van der Waals surface area contributed by atoms with Gasteiger partial charge in [-0.1, -0.05) is 30.8 Å². The largest absolute Gasteiger partial charge is 0.341 e. The van der Waals surface area contributed by atoms with Gasteiger partial charge in [0.1, 0.15) is 0 Å². The van der Waals surface area contributed by atoms with E-state index in [-0.39, 0.29) is 17.4 Å². The molecule has 26 heavy (non-hydrogen) atoms. The highest BCUT2D eigenvalue weighted by atomic mass is 32.2. The summed E-state index contributed by atoms with van der Waals surface area (Å²) in [4.78, 5) is 25.3. The molecule has 1 amide bonds. The molecule has 0 saturated carbocycles. The standard InChI is InChI=1S/C19H12F2N2O2S/c1-11-18(24)26-19(25)23(11)17-10-22(16-5-3-2-4-13(16)17)9-12-6-7-14(20)15(21)8-12/h2-8,10H,1,9H2. The lowest BCUT2D eigenvalue weighted by molar-refractivity contribution is -0.107. The van der Waals surface area contributed by atoms with Crippen LogP contribution >= 0.6 is 11.8 Å². The van der Waals surface area contributed by atoms with Crippen LogP contribution in [0.2, 0.25) is 0 Å². The maximum atomic E-state index is 13.5. The number of nitrogens with zero attached hydrogens (tertiary/aromatic N) is 2. The summed E-state index contributed by atoms with van der Waals surface area (Å²) in [5.41, 5.74) is 2.03. The van der Waals surface area contributed by atoms with Crippen molar-refractivity contribution in [3.63, 3.8) is 0 Å². The second kappa shape index (κ2) is 6.10. The van der Waals surface area contributed by atoms with E-state index < -0.39 is 16.9 Å². The second-order valence-corrected chi connectivity index (χ2v) is 6.77. The van der Waals surface area contributed by atoms with Crippen molar-refractivity contribution >= 4 is 38.7 Å². The number of para-hydroxylation sites is 1. The third-order valence-electron chi connectivity index (χ3n) is 4.21. The quantitative estimate of drug-likeness (QED) is 0.629. The van der Waals surface area contributed by atoms with Crippen molar-refractivity contribution in [2.24, 2.45) is 0 Å². The van der Waals surface area contributed by atoms with Gasteiger partial charge in [0, 0.05) is 29.9 Å². The Kier molecular flexibility index (Phi) is 3.88. The summed E-state index contributed by atoms with van der Waals surface area (Å²) in [6.07, 6.45) is 1.72. The number of thioether (sulfide) groups is 1. The molecule has 1 aromatic heterocycles. The van der Waals surface area contributed by atoms with Gasteiger partial charge in [-0.3, -0.25) is 14.5 Å². The Hall–Kier alpha value is -2.93. The summed E-state index contributed by atoms with van der Waals surface area (Å²) in [7, 11) is 0. The van der Waals surface area contributed by atoms with E-state index in [9.17, 15) is 18.4 Å². The van der Waals surface area contributed by atoms with E-state index in [0.717, 1.165) is 23.0 Å². The zero-order chi connectivity index (χ0) is 18.4. The van der Waals surface area contributed by atoms with Crippen LogP contribution in [0.1, 0.15) is 5.56 Å². The molecule has 0 unspecified atom stereocenters. The molecular weight excluding hydrogens is 358 g/mol. The molecule has 1 saturated heterocycles. The first-order valence-corrected chi connectivity index (χ1v) is 8.54. The van der Waals surface area contributed by atoms with Crippen LogP contribution in [-0.2, 0) is 11.3 Å². The number of hydrogen-bond acceptors (Lipinski definition) is 3. The van der Waals surface area contributed by atoms with Crippen molar-refractivity contribution in [2.45, 2.75) is 6.54 Å². The van der Waals surface area contributed by atoms with Gasteiger partial charge < -0.3 is 4.57 Å². The average Bonchev–Trinajstić information content (AvgIpc) is 3.08. The Labute approximate surface area is 151 Å². The minimum absolute atomic E-state index is 0.107. The summed E-state index contributed by atoms with van der Waals surface area (Å²) in [5, 5.41) is -0.0250. The van der Waals surface area contributed by atoms with E-state index in [1.54, 1.807) is 6.20 Å². The fourth-order valence-electron chi connectivity index (χ4n) is 3.00. The normalized spacial score (nSPS) is 14.7. The number of aromatic nitrogens is 1. The number of benzene rings is 2. The summed E-state index contributed by atoms with van der Waals surface area (Å²) in [6, 6.07) is 11.1. The van der Waals surface area contributed by atoms with Crippen molar-refractivity contribution in [1.82, 2.24) is 4.57 Å². The van der Waals surface area contributed by atoms with Gasteiger partial charge in [0.2, 0.25) is 5.12 Å². The number of rotatable bonds is 3. The van der Waals surface area contributed by atoms with E-state index >= 15 is 0 Å². The first-order valence-electron chi connectivity index (χ1n) is 7.72. The molecule has 2 aromatic carbocycles. The highest BCUT2D eigenvalue weighted by Crippen LogP contribution is 2.38. The molecule has 1 fully saturated rings. The Morgan fingerprint density at radius 3 is 2.50 bits per heavy atom. The summed E-state index contributed by atoms with van der Waals surface area (Å²) in [5.74, 6) is -1.81. The minimum atomic E-state index is -0.913. The van der Waals surface area contributed by atoms with Crippen LogP contribution in [0.5, 0.6) is 0 Å². The van der Waals surface area contributed by atoms with Gasteiger partial charge in [-0.15, -0.1) is 0 Å². The predicted octanol–water partition coefficient (Wildman–Crippen LogP) is 4.68. The highest BCUT2D eigenvalue weighted by Gasteiger charge is 2.36. The second-order valence-electron chi connectivity index (χ2n) is 5.85. The van der Waals surface area contributed by atoms with E-state index in [1.807, 2.05) is 28.8 Å². The van der Waals surface area contributed by atoms with Crippen LogP contribution in [0, 0.1) is 11.6 Å². The molecule has 3 aromatic rings. The first-order chi connectivity index (χ1) is 12.5. The number of hydrogen-bond donors (Lipinski definition) is 0. The van der Waals surface area contributed by atoms with Crippen molar-refractivity contribution < 1.29 is 18.4 Å². The molecule has 4 rings (SSSR count). The molecule has 130 valence electrons. The smallest absolute Gasteiger partial charge is 0.298 e. The monoisotopic (exact) mass is 370 g/mol. The zero-order valence-electron chi connectivity index (χ0n) is 13.4. The molecule has 0 aliphatic carbocycles. The van der Waals surface area contributed by atoms with Gasteiger partial charge in [0.15, 0.2) is 11.6 Å². The van der Waals surface area contributed by atoms with Gasteiger partial charge in [0.25, 0.3) is 5.24 Å². The van der Waals surface area contributed by atoms with Crippen molar-refractivity contribution in [3.8, 4) is 0 Å². The van der Waals surface area contributed by atoms with Gasteiger partial charge in [-0.05, 0) is 23.8 Å². The topological polar surface area (TPSA) is 42.3 Å². The number of fused-ring (bicyclic) bond motifs is 1. The number of carbonyl (C=O) groups is 2. The van der Waals surface area contributed by atoms with E-state index in [4.69, 9.17) is 0 Å². The van der Waals surface area contributed by atoms with Crippen LogP contribution in [0.15, 0.2) is 60.9 Å². The molecule has 2 heterocycles. The van der Waals surface area contributed by atoms with Gasteiger partial charge in [-0.2, -0.15) is 0 Å². The number of amides is 1. The van der Waals surface area contributed by atoms with Gasteiger partial charge >= 0.3 is 0 Å². The molecule has 7 heteroatoms. The van der Waals surface area contributed by atoms with E-state index in [1.165, 1.54) is 11.0 Å². The number of anilines is 1. The third kappa shape index (κ3) is 2.61. The predicted molar refractivity (Wildman–Crippen MR) is 97.0 cm³/mol. The molecule has 1 aliphatic heterocycles. The van der Waals surface area contributed by atoms with Crippen molar-refractivity contribution in [2.75, 3.05) is 4.90 Å². The Morgan fingerprint density at radius 1 is 1.04 bits per heavy atom. The first kappa shape index (κ1) is 16.5. The third-order valence-corrected chi connectivity index (χ3v) is 4.99. The Morgan fingerprint density at radius 2 is 1.81 bits per heavy atom. The molecule has 0 atom stereocenters. The fraction of sp³-hybridized carbons (Fsp3) is 0.0526. The van der Waals surface area contributed by atoms with Crippen LogP contribution in [0.4, 0.5) is 19.3 Å². The lowest BCUT2D eigenvalue weighted by atomic mass is 10.2. The molecule has 1 aliphatic rings. The number of carbonyl (C=O) groups excluding carboxylic acids is 2. The van der Waals surface area contributed by atoms with E-state index in [0.29, 0.717) is 23.0 Å². The van der Waals surface area contributed by atoms with Crippen LogP contribution in [0.3, 0.4) is 0 Å². The summed E-state index contributed by atoms with van der Waals surface area (Å²) < 4.78 is 28.5. The maximum absolute atomic E-state index is 13.5. The lowest BCUT2D eigenvalue weighted by Gasteiger charge is -2.13. The molecule has 0 N–H and O–H groups in total. The molecule has 0 radical (unpaired) electrons. The SMILES string of the molecule is C=C1C(=O)SC(=O)N1c1cn(Cc2ccc(F)c(F)c2)c2ccccc12. The maximum Gasteiger partial charge on any atom is 0.298 e. The molecule has 4 nitrogen and oxygen atoms in total. The van der Waals surface area contributed by atoms with E-state index in [2.05, 4.69) is 6.58 Å². The summed E-state index contributed by atoms with van der Waals surface area (Å²) >= 11 is 0.605. The molecule has 0 spiro atoms. The lowest BCUT2D eigenvalue weighted by Crippen LogP contribution is -2.20. The fourth-order valence-corrected chi connectivity index (χ4v) is 3.67. The molecular formula is C19H12F2N2O2S. The highest BCUT2D eigenvalue weighted by molar-refractivity contribution is 8.27. The average molecular weight is 370 g/mol. The number of halogens is 2. The van der Waals surface area contributed by atoms with Crippen molar-refractivity contribution in [1.29, 1.82) is 0 Å².